The Bertz CT molecular complexity index is 416. The summed E-state index contributed by atoms with van der Waals surface area (Å²) < 4.78 is 3.14. The summed E-state index contributed by atoms with van der Waals surface area (Å²) >= 11 is 3.63. The van der Waals surface area contributed by atoms with Gasteiger partial charge in [0.2, 0.25) is 0 Å². The minimum absolute atomic E-state index is 0.182. The molecule has 1 fully saturated rings. The summed E-state index contributed by atoms with van der Waals surface area (Å²) in [6.45, 7) is 6.65. The molecule has 3 atom stereocenters. The topological polar surface area (TPSA) is 55.9 Å². The van der Waals surface area contributed by atoms with E-state index in [0.717, 1.165) is 10.4 Å². The molecule has 19 heavy (non-hydrogen) atoms. The van der Waals surface area contributed by atoms with E-state index >= 15 is 0 Å². The van der Waals surface area contributed by atoms with E-state index in [4.69, 9.17) is 5.84 Å². The second kappa shape index (κ2) is 6.37. The standard InChI is InChI=1S/C14H25BrN4/c1-9(2)19-14(12(15)8-17-19)13(18-16)11-6-4-5-10(3)7-11/h8-11,13,18H,4-7,16H2,1-3H3. The van der Waals surface area contributed by atoms with E-state index in [1.54, 1.807) is 0 Å². The Hall–Kier alpha value is -0.390. The highest BCUT2D eigenvalue weighted by molar-refractivity contribution is 9.10. The molecule has 1 aliphatic carbocycles. The Balaban J connectivity index is 2.28. The second-order valence-electron chi connectivity index (χ2n) is 6.09. The van der Waals surface area contributed by atoms with E-state index in [-0.39, 0.29) is 6.04 Å². The molecule has 108 valence electrons. The van der Waals surface area contributed by atoms with Gasteiger partial charge >= 0.3 is 0 Å². The molecule has 1 aromatic rings. The van der Waals surface area contributed by atoms with Crippen LogP contribution in [0.1, 0.15) is 64.2 Å². The fourth-order valence-corrected chi connectivity index (χ4v) is 3.80. The number of nitrogens with zero attached hydrogens (tertiary/aromatic N) is 2. The van der Waals surface area contributed by atoms with Crippen molar-refractivity contribution >= 4 is 15.9 Å². The molecule has 3 N–H and O–H groups in total. The third-order valence-electron chi connectivity index (χ3n) is 4.20. The van der Waals surface area contributed by atoms with Gasteiger partial charge in [-0.3, -0.25) is 16.0 Å². The average Bonchev–Trinajstić information content (AvgIpc) is 2.73. The highest BCUT2D eigenvalue weighted by Gasteiger charge is 2.31. The summed E-state index contributed by atoms with van der Waals surface area (Å²) in [6.07, 6.45) is 7.02. The quantitative estimate of drug-likeness (QED) is 0.656. The lowest BCUT2D eigenvalue weighted by Crippen LogP contribution is -2.37. The lowest BCUT2D eigenvalue weighted by Gasteiger charge is -2.33. The summed E-state index contributed by atoms with van der Waals surface area (Å²) in [7, 11) is 0. The van der Waals surface area contributed by atoms with Crippen molar-refractivity contribution in [1.29, 1.82) is 0 Å². The number of hydrazine groups is 1. The highest BCUT2D eigenvalue weighted by Crippen LogP contribution is 2.39. The average molecular weight is 329 g/mol. The van der Waals surface area contributed by atoms with Gasteiger partial charge in [-0.25, -0.2) is 0 Å². The van der Waals surface area contributed by atoms with Crippen molar-refractivity contribution in [3.8, 4) is 0 Å². The molecule has 3 unspecified atom stereocenters. The lowest BCUT2D eigenvalue weighted by molar-refractivity contribution is 0.215. The predicted octanol–water partition coefficient (Wildman–Crippen LogP) is 3.56. The van der Waals surface area contributed by atoms with E-state index < -0.39 is 0 Å². The smallest absolute Gasteiger partial charge is 0.0715 e. The molecule has 0 radical (unpaired) electrons. The molecule has 4 nitrogen and oxygen atoms in total. The van der Waals surface area contributed by atoms with Crippen LogP contribution in [0.25, 0.3) is 0 Å². The largest absolute Gasteiger partial charge is 0.271 e. The molecule has 0 saturated heterocycles. The van der Waals surface area contributed by atoms with Crippen LogP contribution in [0, 0.1) is 11.8 Å². The van der Waals surface area contributed by atoms with Crippen LogP contribution >= 0.6 is 15.9 Å². The SMILES string of the molecule is CC1CCCC(C(NN)c2c(Br)cnn2C(C)C)C1. The summed E-state index contributed by atoms with van der Waals surface area (Å²) in [6, 6.07) is 0.528. The van der Waals surface area contributed by atoms with Crippen molar-refractivity contribution in [2.24, 2.45) is 17.7 Å². The summed E-state index contributed by atoms with van der Waals surface area (Å²) in [5, 5.41) is 4.47. The Morgan fingerprint density at radius 3 is 2.79 bits per heavy atom. The van der Waals surface area contributed by atoms with Crippen molar-refractivity contribution in [2.75, 3.05) is 0 Å². The number of hydrogen-bond donors (Lipinski definition) is 2. The number of nitrogens with one attached hydrogen (secondary N) is 1. The normalized spacial score (nSPS) is 25.8. The van der Waals surface area contributed by atoms with Gasteiger partial charge in [0.1, 0.15) is 0 Å². The van der Waals surface area contributed by atoms with Crippen molar-refractivity contribution in [2.45, 2.75) is 58.5 Å². The van der Waals surface area contributed by atoms with E-state index in [0.29, 0.717) is 12.0 Å². The predicted molar refractivity (Wildman–Crippen MR) is 81.5 cm³/mol. The second-order valence-corrected chi connectivity index (χ2v) is 6.95. The Morgan fingerprint density at radius 2 is 2.21 bits per heavy atom. The van der Waals surface area contributed by atoms with Crippen LogP contribution in [-0.2, 0) is 0 Å². The van der Waals surface area contributed by atoms with Gasteiger partial charge in [0.05, 0.1) is 22.4 Å². The zero-order chi connectivity index (χ0) is 14.0. The summed E-state index contributed by atoms with van der Waals surface area (Å²) in [4.78, 5) is 0. The molecule has 1 saturated carbocycles. The van der Waals surface area contributed by atoms with Crippen molar-refractivity contribution < 1.29 is 0 Å². The maximum atomic E-state index is 5.87. The molecule has 5 heteroatoms. The van der Waals surface area contributed by atoms with Crippen LogP contribution < -0.4 is 11.3 Å². The Labute approximate surface area is 124 Å². The summed E-state index contributed by atoms with van der Waals surface area (Å²) in [5.41, 5.74) is 4.23. The first-order valence-corrected chi connectivity index (χ1v) is 8.03. The monoisotopic (exact) mass is 328 g/mol. The number of aromatic nitrogens is 2. The first kappa shape index (κ1) is 15.0. The van der Waals surface area contributed by atoms with Crippen LogP contribution in [0.15, 0.2) is 10.7 Å². The Morgan fingerprint density at radius 1 is 1.47 bits per heavy atom. The molecule has 1 aliphatic rings. The molecule has 1 aromatic heterocycles. The van der Waals surface area contributed by atoms with E-state index in [1.165, 1.54) is 31.4 Å². The molecular weight excluding hydrogens is 304 g/mol. The van der Waals surface area contributed by atoms with Gasteiger partial charge in [0.15, 0.2) is 0 Å². The molecular formula is C14H25BrN4. The number of halogens is 1. The highest BCUT2D eigenvalue weighted by atomic mass is 79.9. The fourth-order valence-electron chi connectivity index (χ4n) is 3.28. The van der Waals surface area contributed by atoms with Crippen molar-refractivity contribution in [3.05, 3.63) is 16.4 Å². The minimum atomic E-state index is 0.182. The van der Waals surface area contributed by atoms with Crippen LogP contribution in [-0.4, -0.2) is 9.78 Å². The number of nitrogens with two attached hydrogens (primary N) is 1. The van der Waals surface area contributed by atoms with Gasteiger partial charge in [-0.15, -0.1) is 0 Å². The van der Waals surface area contributed by atoms with Gasteiger partial charge in [-0.2, -0.15) is 5.10 Å². The molecule has 0 amide bonds. The lowest BCUT2D eigenvalue weighted by atomic mass is 9.78. The molecule has 0 aliphatic heterocycles. The van der Waals surface area contributed by atoms with Crippen LogP contribution in [0.5, 0.6) is 0 Å². The van der Waals surface area contributed by atoms with E-state index in [9.17, 15) is 0 Å². The van der Waals surface area contributed by atoms with Gasteiger partial charge in [-0.1, -0.05) is 19.8 Å². The summed E-state index contributed by atoms with van der Waals surface area (Å²) in [5.74, 6) is 7.26. The van der Waals surface area contributed by atoms with Crippen molar-refractivity contribution in [3.63, 3.8) is 0 Å². The third kappa shape index (κ3) is 3.20. The molecule has 0 spiro atoms. The number of hydrogen-bond acceptors (Lipinski definition) is 3. The maximum Gasteiger partial charge on any atom is 0.0715 e. The molecule has 0 bridgehead atoms. The van der Waals surface area contributed by atoms with Crippen LogP contribution in [0.4, 0.5) is 0 Å². The van der Waals surface area contributed by atoms with Gasteiger partial charge < -0.3 is 0 Å². The minimum Gasteiger partial charge on any atom is -0.271 e. The molecule has 1 heterocycles. The zero-order valence-electron chi connectivity index (χ0n) is 12.1. The molecule has 2 rings (SSSR count). The Kier molecular flexibility index (Phi) is 5.03. The van der Waals surface area contributed by atoms with Gasteiger partial charge in [0.25, 0.3) is 0 Å². The van der Waals surface area contributed by atoms with Gasteiger partial charge in [0, 0.05) is 6.04 Å². The number of rotatable bonds is 4. The van der Waals surface area contributed by atoms with E-state index in [1.807, 2.05) is 6.20 Å². The zero-order valence-corrected chi connectivity index (χ0v) is 13.7. The molecule has 0 aromatic carbocycles. The maximum absolute atomic E-state index is 5.87. The first-order chi connectivity index (χ1) is 9.04. The third-order valence-corrected chi connectivity index (χ3v) is 4.81. The van der Waals surface area contributed by atoms with E-state index in [2.05, 4.69) is 51.9 Å². The van der Waals surface area contributed by atoms with Crippen molar-refractivity contribution in [1.82, 2.24) is 15.2 Å². The first-order valence-electron chi connectivity index (χ1n) is 7.23. The fraction of sp³-hybridized carbons (Fsp3) is 0.786. The van der Waals surface area contributed by atoms with Gasteiger partial charge in [-0.05, 0) is 54.5 Å². The van der Waals surface area contributed by atoms with Crippen LogP contribution in [0.3, 0.4) is 0 Å². The van der Waals surface area contributed by atoms with Crippen LogP contribution in [0.2, 0.25) is 0 Å².